The van der Waals surface area contributed by atoms with Gasteiger partial charge in [0.1, 0.15) is 0 Å². The van der Waals surface area contributed by atoms with Gasteiger partial charge in [-0.1, -0.05) is 12.8 Å². The topological polar surface area (TPSA) is 95.4 Å². The van der Waals surface area contributed by atoms with Gasteiger partial charge in [-0.05, 0) is 42.1 Å². The van der Waals surface area contributed by atoms with Gasteiger partial charge in [0.2, 0.25) is 11.0 Å². The maximum absolute atomic E-state index is 6.21. The van der Waals surface area contributed by atoms with Crippen LogP contribution >= 0.6 is 11.6 Å². The predicted octanol–water partition coefficient (Wildman–Crippen LogP) is 3.82. The number of ether oxygens (including phenoxy) is 3. The van der Waals surface area contributed by atoms with Crippen LogP contribution in [0.25, 0.3) is 11.2 Å². The van der Waals surface area contributed by atoms with Crippen molar-refractivity contribution in [3.05, 3.63) is 29.3 Å². The number of anilines is 1. The molecule has 3 aromatic rings. The van der Waals surface area contributed by atoms with E-state index in [9.17, 15) is 0 Å². The lowest BCUT2D eigenvalue weighted by Gasteiger charge is -2.14. The largest absolute Gasteiger partial charge is 0.493 e. The zero-order valence-electron chi connectivity index (χ0n) is 18.7. The van der Waals surface area contributed by atoms with E-state index < -0.39 is 0 Å². The molecule has 1 fully saturated rings. The second-order valence-corrected chi connectivity index (χ2v) is 8.08. The average molecular weight is 461 g/mol. The molecule has 1 aliphatic carbocycles. The van der Waals surface area contributed by atoms with Crippen molar-refractivity contribution in [2.75, 3.05) is 39.7 Å². The highest BCUT2D eigenvalue weighted by Crippen LogP contribution is 2.38. The van der Waals surface area contributed by atoms with E-state index in [-0.39, 0.29) is 5.28 Å². The first kappa shape index (κ1) is 22.4. The standard InChI is InChI=1S/C22H29ClN6O3/c1-30-16-10-14(11-17(31-2)19(16)32-3)12-24-8-9-25-20-18-21(28-22(23)27-20)29(13-26-18)15-6-4-5-7-15/h10-11,13,15,24H,4-9,12H2,1-3H3,(H,25,27,28). The maximum Gasteiger partial charge on any atom is 0.226 e. The van der Waals surface area contributed by atoms with E-state index in [2.05, 4.69) is 30.2 Å². The van der Waals surface area contributed by atoms with Gasteiger partial charge in [-0.3, -0.25) is 0 Å². The molecule has 0 spiro atoms. The lowest BCUT2D eigenvalue weighted by Crippen LogP contribution is -2.22. The molecule has 1 saturated carbocycles. The van der Waals surface area contributed by atoms with Crippen molar-refractivity contribution < 1.29 is 14.2 Å². The summed E-state index contributed by atoms with van der Waals surface area (Å²) in [6, 6.07) is 4.31. The Labute approximate surface area is 192 Å². The molecular formula is C22H29ClN6O3. The summed E-state index contributed by atoms with van der Waals surface area (Å²) in [5, 5.41) is 6.97. The minimum absolute atomic E-state index is 0.227. The number of fused-ring (bicyclic) bond motifs is 1. The minimum atomic E-state index is 0.227. The van der Waals surface area contributed by atoms with Gasteiger partial charge >= 0.3 is 0 Å². The second kappa shape index (κ2) is 10.2. The fraction of sp³-hybridized carbons (Fsp3) is 0.500. The number of aromatic nitrogens is 4. The number of halogens is 1. The Bertz CT molecular complexity index is 1040. The third-order valence-corrected chi connectivity index (χ3v) is 5.93. The van der Waals surface area contributed by atoms with Crippen LogP contribution in [-0.2, 0) is 6.54 Å². The number of imidazole rings is 1. The van der Waals surface area contributed by atoms with E-state index in [4.69, 9.17) is 25.8 Å². The maximum atomic E-state index is 6.21. The third kappa shape index (κ3) is 4.68. The number of methoxy groups -OCH3 is 3. The van der Waals surface area contributed by atoms with Crippen LogP contribution < -0.4 is 24.8 Å². The Morgan fingerprint density at radius 3 is 2.41 bits per heavy atom. The molecule has 0 bridgehead atoms. The van der Waals surface area contributed by atoms with Crippen LogP contribution in [0.2, 0.25) is 5.28 Å². The van der Waals surface area contributed by atoms with Crippen LogP contribution in [0, 0.1) is 0 Å². The van der Waals surface area contributed by atoms with Crippen molar-refractivity contribution >= 4 is 28.6 Å². The third-order valence-electron chi connectivity index (χ3n) is 5.76. The molecule has 4 rings (SSSR count). The summed E-state index contributed by atoms with van der Waals surface area (Å²) in [4.78, 5) is 13.4. The monoisotopic (exact) mass is 460 g/mol. The van der Waals surface area contributed by atoms with E-state index in [1.807, 2.05) is 18.5 Å². The van der Waals surface area contributed by atoms with Crippen molar-refractivity contribution in [3.63, 3.8) is 0 Å². The molecule has 10 heteroatoms. The molecule has 0 amide bonds. The van der Waals surface area contributed by atoms with Crippen molar-refractivity contribution in [1.82, 2.24) is 24.8 Å². The molecule has 32 heavy (non-hydrogen) atoms. The van der Waals surface area contributed by atoms with Crippen LogP contribution in [0.5, 0.6) is 17.2 Å². The molecule has 172 valence electrons. The lowest BCUT2D eigenvalue weighted by atomic mass is 10.2. The number of rotatable bonds is 10. The predicted molar refractivity (Wildman–Crippen MR) is 124 cm³/mol. The van der Waals surface area contributed by atoms with Gasteiger partial charge < -0.3 is 29.4 Å². The van der Waals surface area contributed by atoms with E-state index in [1.165, 1.54) is 12.8 Å². The summed E-state index contributed by atoms with van der Waals surface area (Å²) < 4.78 is 18.3. The van der Waals surface area contributed by atoms with E-state index in [1.54, 1.807) is 21.3 Å². The molecule has 0 atom stereocenters. The first-order valence-electron chi connectivity index (χ1n) is 10.8. The number of nitrogens with one attached hydrogen (secondary N) is 2. The van der Waals surface area contributed by atoms with E-state index in [0.717, 1.165) is 29.6 Å². The SMILES string of the molecule is COc1cc(CNCCNc2nc(Cl)nc3c2ncn3C2CCCC2)cc(OC)c1OC. The molecule has 0 unspecified atom stereocenters. The summed E-state index contributed by atoms with van der Waals surface area (Å²) in [6.45, 7) is 2.01. The van der Waals surface area contributed by atoms with Crippen molar-refractivity contribution in [3.8, 4) is 17.2 Å². The van der Waals surface area contributed by atoms with Gasteiger partial charge in [-0.2, -0.15) is 9.97 Å². The van der Waals surface area contributed by atoms with Crippen molar-refractivity contribution in [2.45, 2.75) is 38.3 Å². The highest BCUT2D eigenvalue weighted by atomic mass is 35.5. The molecule has 1 aliphatic rings. The van der Waals surface area contributed by atoms with Crippen LogP contribution in [0.1, 0.15) is 37.3 Å². The van der Waals surface area contributed by atoms with Gasteiger partial charge in [0.05, 0.1) is 27.7 Å². The number of nitrogens with zero attached hydrogens (tertiary/aromatic N) is 4. The Balaban J connectivity index is 1.37. The van der Waals surface area contributed by atoms with Crippen LogP contribution in [0.4, 0.5) is 5.82 Å². The van der Waals surface area contributed by atoms with Gasteiger partial charge in [0.25, 0.3) is 0 Å². The Morgan fingerprint density at radius 1 is 1.03 bits per heavy atom. The molecule has 0 aliphatic heterocycles. The molecular weight excluding hydrogens is 432 g/mol. The van der Waals surface area contributed by atoms with Gasteiger partial charge in [0.15, 0.2) is 28.5 Å². The summed E-state index contributed by atoms with van der Waals surface area (Å²) in [7, 11) is 4.82. The smallest absolute Gasteiger partial charge is 0.226 e. The van der Waals surface area contributed by atoms with Gasteiger partial charge in [-0.15, -0.1) is 0 Å². The zero-order valence-corrected chi connectivity index (χ0v) is 19.4. The quantitative estimate of drug-likeness (QED) is 0.348. The summed E-state index contributed by atoms with van der Waals surface area (Å²) >= 11 is 6.21. The van der Waals surface area contributed by atoms with Crippen LogP contribution in [-0.4, -0.2) is 53.9 Å². The summed E-state index contributed by atoms with van der Waals surface area (Å²) in [6.07, 6.45) is 6.65. The van der Waals surface area contributed by atoms with Crippen molar-refractivity contribution in [1.29, 1.82) is 0 Å². The van der Waals surface area contributed by atoms with E-state index in [0.29, 0.717) is 48.7 Å². The second-order valence-electron chi connectivity index (χ2n) is 7.74. The van der Waals surface area contributed by atoms with Crippen molar-refractivity contribution in [2.24, 2.45) is 0 Å². The Hall–Kier alpha value is -2.78. The average Bonchev–Trinajstić information content (AvgIpc) is 3.47. The highest BCUT2D eigenvalue weighted by molar-refractivity contribution is 6.28. The number of hydrogen-bond donors (Lipinski definition) is 2. The molecule has 2 aromatic heterocycles. The highest BCUT2D eigenvalue weighted by Gasteiger charge is 2.21. The molecule has 0 saturated heterocycles. The fourth-order valence-corrected chi connectivity index (χ4v) is 4.37. The fourth-order valence-electron chi connectivity index (χ4n) is 4.20. The normalized spacial score (nSPS) is 14.1. The first-order valence-corrected chi connectivity index (χ1v) is 11.2. The number of hydrogen-bond acceptors (Lipinski definition) is 8. The molecule has 0 radical (unpaired) electrons. The molecule has 2 N–H and O–H groups in total. The van der Waals surface area contributed by atoms with Crippen LogP contribution in [0.3, 0.4) is 0 Å². The minimum Gasteiger partial charge on any atom is -0.493 e. The lowest BCUT2D eigenvalue weighted by molar-refractivity contribution is 0.323. The molecule has 2 heterocycles. The molecule has 9 nitrogen and oxygen atoms in total. The zero-order chi connectivity index (χ0) is 22.5. The first-order chi connectivity index (χ1) is 15.6. The van der Waals surface area contributed by atoms with E-state index >= 15 is 0 Å². The Kier molecular flexibility index (Phi) is 7.16. The summed E-state index contributed by atoms with van der Waals surface area (Å²) in [5.41, 5.74) is 2.58. The summed E-state index contributed by atoms with van der Waals surface area (Å²) in [5.74, 6) is 2.52. The van der Waals surface area contributed by atoms with Gasteiger partial charge in [0, 0.05) is 25.7 Å². The van der Waals surface area contributed by atoms with Crippen LogP contribution in [0.15, 0.2) is 18.5 Å². The number of benzene rings is 1. The Morgan fingerprint density at radius 2 is 1.75 bits per heavy atom. The van der Waals surface area contributed by atoms with Gasteiger partial charge in [-0.25, -0.2) is 4.98 Å². The molecule has 1 aromatic carbocycles.